The highest BCUT2D eigenvalue weighted by Gasteiger charge is 2.20. The Balaban J connectivity index is 1.81. The maximum absolute atomic E-state index is 13.3. The van der Waals surface area contributed by atoms with Crippen molar-refractivity contribution in [1.29, 1.82) is 0 Å². The SMILES string of the molecule is Cc1nc(-c2ccccn2)sc1C(=O)N(C)Cc1cccc(F)c1. The van der Waals surface area contributed by atoms with Crippen molar-refractivity contribution in [2.75, 3.05) is 7.05 Å². The van der Waals surface area contributed by atoms with E-state index in [0.29, 0.717) is 17.1 Å². The summed E-state index contributed by atoms with van der Waals surface area (Å²) in [6, 6.07) is 11.8. The summed E-state index contributed by atoms with van der Waals surface area (Å²) < 4.78 is 13.3. The van der Waals surface area contributed by atoms with E-state index >= 15 is 0 Å². The first kappa shape index (κ1) is 16.3. The highest BCUT2D eigenvalue weighted by molar-refractivity contribution is 7.17. The Morgan fingerprint density at radius 2 is 2.08 bits per heavy atom. The molecule has 0 spiro atoms. The molecule has 0 radical (unpaired) electrons. The lowest BCUT2D eigenvalue weighted by molar-refractivity contribution is 0.0789. The molecule has 0 bridgehead atoms. The molecule has 24 heavy (non-hydrogen) atoms. The quantitative estimate of drug-likeness (QED) is 0.722. The third-order valence-corrected chi connectivity index (χ3v) is 4.70. The Labute approximate surface area is 143 Å². The van der Waals surface area contributed by atoms with Crippen LogP contribution in [0.5, 0.6) is 0 Å². The number of aromatic nitrogens is 2. The van der Waals surface area contributed by atoms with E-state index in [0.717, 1.165) is 16.3 Å². The molecule has 0 atom stereocenters. The average molecular weight is 341 g/mol. The van der Waals surface area contributed by atoms with Gasteiger partial charge in [0.15, 0.2) is 0 Å². The number of carbonyl (C=O) groups is 1. The third kappa shape index (κ3) is 3.49. The molecule has 3 rings (SSSR count). The van der Waals surface area contributed by atoms with Crippen LogP contribution in [-0.2, 0) is 6.54 Å². The summed E-state index contributed by atoms with van der Waals surface area (Å²) in [7, 11) is 1.70. The first-order chi connectivity index (χ1) is 11.5. The molecule has 4 nitrogen and oxygen atoms in total. The van der Waals surface area contributed by atoms with Crippen LogP contribution < -0.4 is 0 Å². The van der Waals surface area contributed by atoms with E-state index in [2.05, 4.69) is 9.97 Å². The molecule has 0 saturated heterocycles. The summed E-state index contributed by atoms with van der Waals surface area (Å²) in [4.78, 5) is 23.5. The number of thiazole rings is 1. The van der Waals surface area contributed by atoms with Crippen LogP contribution in [0.25, 0.3) is 10.7 Å². The van der Waals surface area contributed by atoms with Gasteiger partial charge in [0.05, 0.1) is 11.4 Å². The molecule has 6 heteroatoms. The van der Waals surface area contributed by atoms with Crippen LogP contribution in [0, 0.1) is 12.7 Å². The number of amides is 1. The normalized spacial score (nSPS) is 10.6. The standard InChI is InChI=1S/C18H16FN3OS/c1-12-16(24-17(21-12)15-8-3-4-9-20-15)18(23)22(2)11-13-6-5-7-14(19)10-13/h3-10H,11H2,1-2H3. The van der Waals surface area contributed by atoms with Gasteiger partial charge in [-0.05, 0) is 36.8 Å². The van der Waals surface area contributed by atoms with Gasteiger partial charge in [0.25, 0.3) is 5.91 Å². The van der Waals surface area contributed by atoms with Gasteiger partial charge in [0.1, 0.15) is 15.7 Å². The minimum absolute atomic E-state index is 0.128. The van der Waals surface area contributed by atoms with Crippen LogP contribution in [0.1, 0.15) is 20.9 Å². The van der Waals surface area contributed by atoms with E-state index in [-0.39, 0.29) is 11.7 Å². The number of rotatable bonds is 4. The summed E-state index contributed by atoms with van der Waals surface area (Å²) in [5, 5.41) is 0.718. The van der Waals surface area contributed by atoms with E-state index < -0.39 is 0 Å². The van der Waals surface area contributed by atoms with Crippen LogP contribution >= 0.6 is 11.3 Å². The molecule has 0 fully saturated rings. The number of hydrogen-bond donors (Lipinski definition) is 0. The number of carbonyl (C=O) groups excluding carboxylic acids is 1. The van der Waals surface area contributed by atoms with Crippen LogP contribution in [0.2, 0.25) is 0 Å². The molecule has 2 heterocycles. The molecule has 0 unspecified atom stereocenters. The molecule has 1 aromatic carbocycles. The molecule has 122 valence electrons. The maximum atomic E-state index is 13.3. The molecular formula is C18H16FN3OS. The van der Waals surface area contributed by atoms with Crippen molar-refractivity contribution < 1.29 is 9.18 Å². The fourth-order valence-electron chi connectivity index (χ4n) is 2.35. The summed E-state index contributed by atoms with van der Waals surface area (Å²) in [6.45, 7) is 2.15. The molecule has 2 aromatic heterocycles. The van der Waals surface area contributed by atoms with Gasteiger partial charge >= 0.3 is 0 Å². The second-order valence-electron chi connectivity index (χ2n) is 5.44. The summed E-state index contributed by atoms with van der Waals surface area (Å²) >= 11 is 1.32. The van der Waals surface area contributed by atoms with Gasteiger partial charge in [-0.1, -0.05) is 18.2 Å². The minimum Gasteiger partial charge on any atom is -0.337 e. The predicted octanol–water partition coefficient (Wildman–Crippen LogP) is 3.92. The molecule has 0 N–H and O–H groups in total. The Morgan fingerprint density at radius 3 is 2.79 bits per heavy atom. The van der Waals surface area contributed by atoms with Gasteiger partial charge in [-0.3, -0.25) is 9.78 Å². The van der Waals surface area contributed by atoms with E-state index in [1.807, 2.05) is 25.1 Å². The third-order valence-electron chi connectivity index (χ3n) is 3.53. The molecule has 1 amide bonds. The van der Waals surface area contributed by atoms with Crippen molar-refractivity contribution in [3.8, 4) is 10.7 Å². The van der Waals surface area contributed by atoms with E-state index in [4.69, 9.17) is 0 Å². The van der Waals surface area contributed by atoms with Crippen molar-refractivity contribution >= 4 is 17.2 Å². The predicted molar refractivity (Wildman–Crippen MR) is 92.3 cm³/mol. The zero-order valence-corrected chi connectivity index (χ0v) is 14.2. The Kier molecular flexibility index (Phi) is 4.66. The first-order valence-electron chi connectivity index (χ1n) is 7.43. The summed E-state index contributed by atoms with van der Waals surface area (Å²) in [5.41, 5.74) is 2.17. The van der Waals surface area contributed by atoms with E-state index in [9.17, 15) is 9.18 Å². The first-order valence-corrected chi connectivity index (χ1v) is 8.25. The lowest BCUT2D eigenvalue weighted by atomic mass is 10.2. The topological polar surface area (TPSA) is 46.1 Å². The maximum Gasteiger partial charge on any atom is 0.265 e. The van der Waals surface area contributed by atoms with E-state index in [1.54, 1.807) is 30.3 Å². The molecule has 0 aliphatic carbocycles. The van der Waals surface area contributed by atoms with Crippen molar-refractivity contribution in [2.45, 2.75) is 13.5 Å². The fourth-order valence-corrected chi connectivity index (χ4v) is 3.39. The number of pyridine rings is 1. The number of benzene rings is 1. The fraction of sp³-hybridized carbons (Fsp3) is 0.167. The van der Waals surface area contributed by atoms with Crippen LogP contribution in [-0.4, -0.2) is 27.8 Å². The second kappa shape index (κ2) is 6.88. The zero-order chi connectivity index (χ0) is 17.1. The molecule has 0 saturated carbocycles. The highest BCUT2D eigenvalue weighted by atomic mass is 32.1. The zero-order valence-electron chi connectivity index (χ0n) is 13.4. The summed E-state index contributed by atoms with van der Waals surface area (Å²) in [5.74, 6) is -0.434. The van der Waals surface area contributed by atoms with Gasteiger partial charge in [-0.2, -0.15) is 0 Å². The highest BCUT2D eigenvalue weighted by Crippen LogP contribution is 2.27. The largest absolute Gasteiger partial charge is 0.337 e. The lowest BCUT2D eigenvalue weighted by Gasteiger charge is -2.16. The van der Waals surface area contributed by atoms with Crippen LogP contribution in [0.4, 0.5) is 4.39 Å². The van der Waals surface area contributed by atoms with Gasteiger partial charge in [0, 0.05) is 19.8 Å². The molecule has 3 aromatic rings. The monoisotopic (exact) mass is 341 g/mol. The average Bonchev–Trinajstić information content (AvgIpc) is 2.97. The van der Waals surface area contributed by atoms with Gasteiger partial charge in [-0.25, -0.2) is 9.37 Å². The number of aryl methyl sites for hydroxylation is 1. The van der Waals surface area contributed by atoms with Crippen molar-refractivity contribution in [1.82, 2.24) is 14.9 Å². The number of nitrogens with zero attached hydrogens (tertiary/aromatic N) is 3. The minimum atomic E-state index is -0.306. The lowest BCUT2D eigenvalue weighted by Crippen LogP contribution is -2.26. The molecule has 0 aliphatic heterocycles. The Hall–Kier alpha value is -2.60. The van der Waals surface area contributed by atoms with Gasteiger partial charge < -0.3 is 4.90 Å². The van der Waals surface area contributed by atoms with E-state index in [1.165, 1.54) is 23.5 Å². The van der Waals surface area contributed by atoms with Gasteiger partial charge in [-0.15, -0.1) is 11.3 Å². The Bertz CT molecular complexity index is 864. The van der Waals surface area contributed by atoms with Crippen molar-refractivity contribution in [3.63, 3.8) is 0 Å². The smallest absolute Gasteiger partial charge is 0.265 e. The molecule has 0 aliphatic rings. The van der Waals surface area contributed by atoms with Gasteiger partial charge in [0.2, 0.25) is 0 Å². The summed E-state index contributed by atoms with van der Waals surface area (Å²) in [6.07, 6.45) is 1.70. The second-order valence-corrected chi connectivity index (χ2v) is 6.44. The number of hydrogen-bond acceptors (Lipinski definition) is 4. The molecular weight excluding hydrogens is 325 g/mol. The number of halogens is 1. The van der Waals surface area contributed by atoms with Crippen molar-refractivity contribution in [2.24, 2.45) is 0 Å². The van der Waals surface area contributed by atoms with Crippen LogP contribution in [0.15, 0.2) is 48.7 Å². The van der Waals surface area contributed by atoms with Crippen LogP contribution in [0.3, 0.4) is 0 Å². The van der Waals surface area contributed by atoms with Crippen molar-refractivity contribution in [3.05, 3.63) is 70.6 Å². The Morgan fingerprint density at radius 1 is 1.25 bits per heavy atom.